The number of allylic oxidation sites excluding steroid dienone is 2. The molecule has 0 spiro atoms. The van der Waals surface area contributed by atoms with Crippen molar-refractivity contribution in [2.75, 3.05) is 0 Å². The number of hydrogen-bond donors (Lipinski definition) is 0. The molecule has 1 atom stereocenters. The van der Waals surface area contributed by atoms with Crippen LogP contribution in [0.5, 0.6) is 0 Å². The van der Waals surface area contributed by atoms with Crippen molar-refractivity contribution in [3.05, 3.63) is 24.3 Å². The van der Waals surface area contributed by atoms with Crippen LogP contribution in [-0.4, -0.2) is 11.6 Å². The van der Waals surface area contributed by atoms with Gasteiger partial charge in [-0.15, -0.1) is 0 Å². The van der Waals surface area contributed by atoms with Gasteiger partial charge in [0.25, 0.3) is 0 Å². The molecule has 0 aromatic heterocycles. The van der Waals surface area contributed by atoms with Crippen molar-refractivity contribution in [2.24, 2.45) is 4.99 Å². The Balaban J connectivity index is 2.79. The molecular weight excluding hydrogens is 126 g/mol. The van der Waals surface area contributed by atoms with Gasteiger partial charge in [0.15, 0.2) is 0 Å². The number of aliphatic imine (C=N–C) groups is 1. The highest BCUT2D eigenvalue weighted by molar-refractivity contribution is 5.37. The summed E-state index contributed by atoms with van der Waals surface area (Å²) in [5.74, 6) is 0. The maximum Gasteiger partial charge on any atom is 0.235 e. The normalized spacial score (nSPS) is 29.7. The molecule has 1 aliphatic carbocycles. The maximum absolute atomic E-state index is 9.93. The molecule has 0 bridgehead atoms. The van der Waals surface area contributed by atoms with Gasteiger partial charge >= 0.3 is 0 Å². The zero-order valence-electron chi connectivity index (χ0n) is 5.87. The highest BCUT2D eigenvalue weighted by Crippen LogP contribution is 2.20. The minimum Gasteiger partial charge on any atom is -0.211 e. The van der Waals surface area contributed by atoms with Crippen LogP contribution in [0.2, 0.25) is 0 Å². The lowest BCUT2D eigenvalue weighted by molar-refractivity contribution is 0.538. The molecule has 1 unspecified atom stereocenters. The Morgan fingerprint density at radius 2 is 2.40 bits per heavy atom. The van der Waals surface area contributed by atoms with E-state index in [2.05, 4.69) is 4.99 Å². The smallest absolute Gasteiger partial charge is 0.211 e. The first-order valence-electron chi connectivity index (χ1n) is 3.20. The van der Waals surface area contributed by atoms with Gasteiger partial charge in [-0.3, -0.25) is 0 Å². The molecule has 0 saturated carbocycles. The molecule has 0 aromatic carbocycles. The molecule has 10 heavy (non-hydrogen) atoms. The summed E-state index contributed by atoms with van der Waals surface area (Å²) in [6.07, 6.45) is 10.1. The van der Waals surface area contributed by atoms with Crippen LogP contribution >= 0.6 is 0 Å². The molecule has 0 heterocycles. The van der Waals surface area contributed by atoms with Crippen LogP contribution in [0.25, 0.3) is 0 Å². The fourth-order valence-electron chi connectivity index (χ4n) is 0.903. The van der Waals surface area contributed by atoms with Gasteiger partial charge in [-0.2, -0.15) is 4.99 Å². The molecule has 0 aromatic rings. The van der Waals surface area contributed by atoms with Crippen LogP contribution in [0.15, 0.2) is 29.3 Å². The molecule has 1 aliphatic rings. The second-order valence-corrected chi connectivity index (χ2v) is 2.55. The molecule has 1 rings (SSSR count). The monoisotopic (exact) mass is 135 g/mol. The van der Waals surface area contributed by atoms with Gasteiger partial charge in [-0.1, -0.05) is 24.3 Å². The zero-order valence-corrected chi connectivity index (χ0v) is 5.87. The second kappa shape index (κ2) is 2.63. The van der Waals surface area contributed by atoms with Gasteiger partial charge in [-0.25, -0.2) is 4.79 Å². The predicted molar refractivity (Wildman–Crippen MR) is 39.4 cm³/mol. The van der Waals surface area contributed by atoms with Gasteiger partial charge < -0.3 is 0 Å². The number of isocyanates is 1. The van der Waals surface area contributed by atoms with E-state index in [1.165, 1.54) is 0 Å². The molecular formula is C8H9NO. The van der Waals surface area contributed by atoms with Gasteiger partial charge in [0.05, 0.1) is 5.54 Å². The van der Waals surface area contributed by atoms with E-state index in [-0.39, 0.29) is 5.54 Å². The Morgan fingerprint density at radius 3 is 2.90 bits per heavy atom. The Hall–Kier alpha value is -1.14. The van der Waals surface area contributed by atoms with Crippen molar-refractivity contribution < 1.29 is 4.79 Å². The van der Waals surface area contributed by atoms with E-state index in [4.69, 9.17) is 0 Å². The molecule has 52 valence electrons. The van der Waals surface area contributed by atoms with Crippen molar-refractivity contribution in [2.45, 2.75) is 18.9 Å². The Morgan fingerprint density at radius 1 is 1.60 bits per heavy atom. The molecule has 2 heteroatoms. The highest BCUT2D eigenvalue weighted by Gasteiger charge is 2.18. The first kappa shape index (κ1) is 6.97. The molecule has 0 N–H and O–H groups in total. The van der Waals surface area contributed by atoms with Gasteiger partial charge in [0.1, 0.15) is 0 Å². The average molecular weight is 135 g/mol. The fourth-order valence-corrected chi connectivity index (χ4v) is 0.903. The average Bonchev–Trinajstić information content (AvgIpc) is 1.89. The summed E-state index contributed by atoms with van der Waals surface area (Å²) in [5, 5.41) is 0. The minimum absolute atomic E-state index is 0.337. The third kappa shape index (κ3) is 1.42. The van der Waals surface area contributed by atoms with E-state index in [1.807, 2.05) is 31.2 Å². The third-order valence-corrected chi connectivity index (χ3v) is 1.53. The molecule has 0 amide bonds. The van der Waals surface area contributed by atoms with Crippen LogP contribution in [0.4, 0.5) is 0 Å². The summed E-state index contributed by atoms with van der Waals surface area (Å²) in [7, 11) is 0. The Labute approximate surface area is 60.0 Å². The Bertz CT molecular complexity index is 223. The van der Waals surface area contributed by atoms with Crippen molar-refractivity contribution >= 4 is 6.08 Å². The third-order valence-electron chi connectivity index (χ3n) is 1.53. The van der Waals surface area contributed by atoms with Crippen LogP contribution in [0.3, 0.4) is 0 Å². The summed E-state index contributed by atoms with van der Waals surface area (Å²) in [4.78, 5) is 13.6. The summed E-state index contributed by atoms with van der Waals surface area (Å²) in [5.41, 5.74) is -0.337. The van der Waals surface area contributed by atoms with E-state index < -0.39 is 0 Å². The fraction of sp³-hybridized carbons (Fsp3) is 0.375. The van der Waals surface area contributed by atoms with Gasteiger partial charge in [0.2, 0.25) is 6.08 Å². The summed E-state index contributed by atoms with van der Waals surface area (Å²) in [6, 6.07) is 0. The molecule has 2 nitrogen and oxygen atoms in total. The first-order valence-corrected chi connectivity index (χ1v) is 3.20. The second-order valence-electron chi connectivity index (χ2n) is 2.55. The van der Waals surface area contributed by atoms with Crippen LogP contribution in [0.1, 0.15) is 13.3 Å². The standard InChI is InChI=1S/C8H9NO/c1-8(9-7-10)5-3-2-4-6-8/h2-5H,6H2,1H3. The number of rotatable bonds is 1. The summed E-state index contributed by atoms with van der Waals surface area (Å²) in [6.45, 7) is 1.90. The van der Waals surface area contributed by atoms with Crippen LogP contribution in [0, 0.1) is 0 Å². The number of carbonyl (C=O) groups excluding carboxylic acids is 1. The quantitative estimate of drug-likeness (QED) is 0.396. The zero-order chi connectivity index (χ0) is 7.45. The molecule has 0 aliphatic heterocycles. The van der Waals surface area contributed by atoms with Crippen molar-refractivity contribution in [1.29, 1.82) is 0 Å². The number of nitrogens with zero attached hydrogens (tertiary/aromatic N) is 1. The van der Waals surface area contributed by atoms with E-state index in [1.54, 1.807) is 6.08 Å². The van der Waals surface area contributed by atoms with Crippen LogP contribution in [-0.2, 0) is 4.79 Å². The van der Waals surface area contributed by atoms with E-state index in [9.17, 15) is 4.79 Å². The van der Waals surface area contributed by atoms with E-state index in [0.717, 1.165) is 6.42 Å². The van der Waals surface area contributed by atoms with E-state index >= 15 is 0 Å². The lowest BCUT2D eigenvalue weighted by Gasteiger charge is -2.18. The Kier molecular flexibility index (Phi) is 1.83. The SMILES string of the molecule is CC1(N=C=O)C=CC=CC1. The van der Waals surface area contributed by atoms with Crippen molar-refractivity contribution in [3.8, 4) is 0 Å². The molecule has 0 fully saturated rings. The van der Waals surface area contributed by atoms with E-state index in [0.29, 0.717) is 0 Å². The van der Waals surface area contributed by atoms with Gasteiger partial charge in [0, 0.05) is 0 Å². The molecule has 0 radical (unpaired) electrons. The lowest BCUT2D eigenvalue weighted by Crippen LogP contribution is -2.18. The maximum atomic E-state index is 9.93. The largest absolute Gasteiger partial charge is 0.235 e. The van der Waals surface area contributed by atoms with Gasteiger partial charge in [-0.05, 0) is 13.3 Å². The topological polar surface area (TPSA) is 29.4 Å². The number of hydrogen-bond acceptors (Lipinski definition) is 2. The van der Waals surface area contributed by atoms with Crippen molar-refractivity contribution in [1.82, 2.24) is 0 Å². The van der Waals surface area contributed by atoms with Crippen LogP contribution < -0.4 is 0 Å². The lowest BCUT2D eigenvalue weighted by atomic mass is 9.95. The summed E-state index contributed by atoms with van der Waals surface area (Å²) >= 11 is 0. The predicted octanol–water partition coefficient (Wildman–Crippen LogP) is 1.60. The summed E-state index contributed by atoms with van der Waals surface area (Å²) < 4.78 is 0. The molecule has 0 saturated heterocycles. The van der Waals surface area contributed by atoms with Crippen molar-refractivity contribution in [3.63, 3.8) is 0 Å². The highest BCUT2D eigenvalue weighted by atomic mass is 16.1. The first-order chi connectivity index (χ1) is 4.77. The minimum atomic E-state index is -0.337.